The Morgan fingerprint density at radius 3 is 2.25 bits per heavy atom. The summed E-state index contributed by atoms with van der Waals surface area (Å²) in [5.74, 6) is -1.29. The van der Waals surface area contributed by atoms with Gasteiger partial charge in [-0.2, -0.15) is 0 Å². The molecule has 0 fully saturated rings. The van der Waals surface area contributed by atoms with Crippen molar-refractivity contribution in [3.8, 4) is 0 Å². The lowest BCUT2D eigenvalue weighted by Gasteiger charge is -2.06. The van der Waals surface area contributed by atoms with Crippen LogP contribution in [0.5, 0.6) is 0 Å². The number of nitrogens with zero attached hydrogens (tertiary/aromatic N) is 1. The molecular formula is C15H9NO4. The van der Waals surface area contributed by atoms with E-state index in [9.17, 15) is 20.0 Å². The highest BCUT2D eigenvalue weighted by Crippen LogP contribution is 2.31. The van der Waals surface area contributed by atoms with Gasteiger partial charge in [0.2, 0.25) is 0 Å². The van der Waals surface area contributed by atoms with Crippen LogP contribution in [-0.2, 0) is 0 Å². The van der Waals surface area contributed by atoms with E-state index in [0.717, 1.165) is 10.8 Å². The number of carbonyl (C=O) groups is 1. The fourth-order valence-corrected chi connectivity index (χ4v) is 2.38. The lowest BCUT2D eigenvalue weighted by atomic mass is 9.98. The summed E-state index contributed by atoms with van der Waals surface area (Å²) in [5.41, 5.74) is -0.654. The predicted molar refractivity (Wildman–Crippen MR) is 75.1 cm³/mol. The number of rotatable bonds is 2. The van der Waals surface area contributed by atoms with E-state index in [1.807, 2.05) is 30.3 Å². The zero-order valence-corrected chi connectivity index (χ0v) is 10.2. The van der Waals surface area contributed by atoms with Gasteiger partial charge in [-0.15, -0.1) is 0 Å². The van der Waals surface area contributed by atoms with Crippen LogP contribution in [0.2, 0.25) is 0 Å². The van der Waals surface area contributed by atoms with Crippen molar-refractivity contribution >= 4 is 33.2 Å². The summed E-state index contributed by atoms with van der Waals surface area (Å²) >= 11 is 0. The number of fused-ring (bicyclic) bond motifs is 2. The van der Waals surface area contributed by atoms with Crippen molar-refractivity contribution < 1.29 is 14.8 Å². The topological polar surface area (TPSA) is 80.4 Å². The second-order valence-electron chi connectivity index (χ2n) is 4.44. The van der Waals surface area contributed by atoms with E-state index in [1.54, 1.807) is 12.1 Å². The van der Waals surface area contributed by atoms with Crippen LogP contribution in [0, 0.1) is 10.1 Å². The maximum atomic E-state index is 11.4. The molecule has 98 valence electrons. The molecule has 0 amide bonds. The molecule has 1 N–H and O–H groups in total. The first kappa shape index (κ1) is 12.1. The third kappa shape index (κ3) is 1.76. The lowest BCUT2D eigenvalue weighted by molar-refractivity contribution is -0.385. The fraction of sp³-hybridized carbons (Fsp3) is 0. The van der Waals surface area contributed by atoms with Crippen molar-refractivity contribution in [3.05, 3.63) is 64.2 Å². The Kier molecular flexibility index (Phi) is 2.61. The van der Waals surface area contributed by atoms with Crippen molar-refractivity contribution in [2.75, 3.05) is 0 Å². The number of carboxylic acid groups (broad SMARTS) is 1. The molecule has 0 aliphatic rings. The molecule has 0 atom stereocenters. The highest BCUT2D eigenvalue weighted by molar-refractivity contribution is 6.11. The first-order valence-corrected chi connectivity index (χ1v) is 5.91. The van der Waals surface area contributed by atoms with Gasteiger partial charge >= 0.3 is 5.97 Å². The predicted octanol–water partition coefficient (Wildman–Crippen LogP) is 3.60. The van der Waals surface area contributed by atoms with Crippen molar-refractivity contribution in [2.24, 2.45) is 0 Å². The van der Waals surface area contributed by atoms with E-state index in [1.165, 1.54) is 6.07 Å². The van der Waals surface area contributed by atoms with Crippen molar-refractivity contribution in [3.63, 3.8) is 0 Å². The molecule has 0 bridgehead atoms. The normalized spacial score (nSPS) is 10.8. The summed E-state index contributed by atoms with van der Waals surface area (Å²) in [6.45, 7) is 0. The Balaban J connectivity index is 2.49. The third-order valence-electron chi connectivity index (χ3n) is 3.27. The van der Waals surface area contributed by atoms with Gasteiger partial charge in [0.1, 0.15) is 5.56 Å². The van der Waals surface area contributed by atoms with Gasteiger partial charge in [-0.1, -0.05) is 24.3 Å². The van der Waals surface area contributed by atoms with Gasteiger partial charge in [0.15, 0.2) is 0 Å². The van der Waals surface area contributed by atoms with Crippen LogP contribution in [-0.4, -0.2) is 16.0 Å². The molecule has 0 saturated heterocycles. The molecule has 0 heterocycles. The number of hydrogen-bond donors (Lipinski definition) is 1. The van der Waals surface area contributed by atoms with E-state index in [0.29, 0.717) is 10.8 Å². The molecule has 3 rings (SSSR count). The smallest absolute Gasteiger partial charge is 0.343 e. The van der Waals surface area contributed by atoms with Gasteiger partial charge in [-0.25, -0.2) is 4.79 Å². The van der Waals surface area contributed by atoms with E-state index < -0.39 is 10.9 Å². The van der Waals surface area contributed by atoms with Crippen LogP contribution in [0.4, 0.5) is 5.69 Å². The second kappa shape index (κ2) is 4.31. The van der Waals surface area contributed by atoms with Crippen LogP contribution < -0.4 is 0 Å². The zero-order chi connectivity index (χ0) is 14.3. The Labute approximate surface area is 113 Å². The molecule has 0 saturated carbocycles. The number of carboxylic acids is 1. The largest absolute Gasteiger partial charge is 0.477 e. The fourth-order valence-electron chi connectivity index (χ4n) is 2.38. The Morgan fingerprint density at radius 2 is 1.65 bits per heavy atom. The summed E-state index contributed by atoms with van der Waals surface area (Å²) < 4.78 is 0. The average molecular weight is 267 g/mol. The molecule has 0 aromatic heterocycles. The highest BCUT2D eigenvalue weighted by Gasteiger charge is 2.22. The first-order chi connectivity index (χ1) is 9.58. The van der Waals surface area contributed by atoms with E-state index in [4.69, 9.17) is 0 Å². The first-order valence-electron chi connectivity index (χ1n) is 5.91. The van der Waals surface area contributed by atoms with Gasteiger partial charge in [-0.05, 0) is 34.4 Å². The number of benzene rings is 3. The van der Waals surface area contributed by atoms with Crippen molar-refractivity contribution in [1.82, 2.24) is 0 Å². The number of nitro benzene ring substituents is 1. The van der Waals surface area contributed by atoms with Crippen molar-refractivity contribution in [1.29, 1.82) is 0 Å². The number of aromatic carboxylic acids is 1. The summed E-state index contributed by atoms with van der Waals surface area (Å²) in [7, 11) is 0. The molecule has 0 radical (unpaired) electrons. The third-order valence-corrected chi connectivity index (χ3v) is 3.27. The summed E-state index contributed by atoms with van der Waals surface area (Å²) in [6, 6.07) is 13.8. The SMILES string of the molecule is O=C(O)c1c([N+](=O)[O-])ccc2cc3ccccc3cc12. The molecule has 3 aromatic rings. The standard InChI is InChI=1S/C15H9NO4/c17-15(18)14-12-8-10-4-2-1-3-9(10)7-11(12)5-6-13(14)16(19)20/h1-8H,(H,17,18). The molecule has 0 spiro atoms. The molecular weight excluding hydrogens is 258 g/mol. The van der Waals surface area contributed by atoms with Crippen LogP contribution in [0.3, 0.4) is 0 Å². The van der Waals surface area contributed by atoms with Crippen molar-refractivity contribution in [2.45, 2.75) is 0 Å². The summed E-state index contributed by atoms with van der Waals surface area (Å²) in [4.78, 5) is 21.7. The molecule has 0 unspecified atom stereocenters. The Bertz CT molecular complexity index is 870. The number of hydrogen-bond acceptors (Lipinski definition) is 3. The quantitative estimate of drug-likeness (QED) is 0.437. The number of nitro groups is 1. The van der Waals surface area contributed by atoms with E-state index in [-0.39, 0.29) is 11.3 Å². The summed E-state index contributed by atoms with van der Waals surface area (Å²) in [5, 5.41) is 23.1. The second-order valence-corrected chi connectivity index (χ2v) is 4.44. The molecule has 3 aromatic carbocycles. The van der Waals surface area contributed by atoms with Gasteiger partial charge in [0, 0.05) is 11.5 Å². The zero-order valence-electron chi connectivity index (χ0n) is 10.2. The maximum Gasteiger partial charge on any atom is 0.343 e. The minimum atomic E-state index is -1.29. The van der Waals surface area contributed by atoms with Crippen LogP contribution in [0.15, 0.2) is 48.5 Å². The molecule has 0 aliphatic carbocycles. The molecule has 0 aliphatic heterocycles. The van der Waals surface area contributed by atoms with Gasteiger partial charge < -0.3 is 5.11 Å². The van der Waals surface area contributed by atoms with E-state index >= 15 is 0 Å². The summed E-state index contributed by atoms with van der Waals surface area (Å²) in [6.07, 6.45) is 0. The molecule has 20 heavy (non-hydrogen) atoms. The molecule has 5 heteroatoms. The minimum absolute atomic E-state index is 0.266. The van der Waals surface area contributed by atoms with Gasteiger partial charge in [0.05, 0.1) is 4.92 Å². The van der Waals surface area contributed by atoms with Crippen LogP contribution in [0.1, 0.15) is 10.4 Å². The molecule has 5 nitrogen and oxygen atoms in total. The average Bonchev–Trinajstić information content (AvgIpc) is 2.43. The Hall–Kier alpha value is -2.95. The highest BCUT2D eigenvalue weighted by atomic mass is 16.6. The van der Waals surface area contributed by atoms with Gasteiger partial charge in [-0.3, -0.25) is 10.1 Å². The van der Waals surface area contributed by atoms with Crippen LogP contribution in [0.25, 0.3) is 21.5 Å². The monoisotopic (exact) mass is 267 g/mol. The van der Waals surface area contributed by atoms with E-state index in [2.05, 4.69) is 0 Å². The van der Waals surface area contributed by atoms with Crippen LogP contribution >= 0.6 is 0 Å². The lowest BCUT2D eigenvalue weighted by Crippen LogP contribution is -2.03. The Morgan fingerprint density at radius 1 is 1.00 bits per heavy atom. The maximum absolute atomic E-state index is 11.4. The minimum Gasteiger partial charge on any atom is -0.477 e. The van der Waals surface area contributed by atoms with Gasteiger partial charge in [0.25, 0.3) is 5.69 Å².